The Labute approximate surface area is 119 Å². The Morgan fingerprint density at radius 3 is 1.68 bits per heavy atom. The van der Waals surface area contributed by atoms with E-state index in [0.29, 0.717) is 18.8 Å². The van der Waals surface area contributed by atoms with Gasteiger partial charge in [0.25, 0.3) is 0 Å². The molecule has 0 aromatic rings. The minimum absolute atomic E-state index is 0.357. The summed E-state index contributed by atoms with van der Waals surface area (Å²) in [4.78, 5) is 0. The SMILES string of the molecule is CCCCCCCC1OC1CCCCCCCCO. The number of aliphatic hydroxyl groups excluding tert-OH is 1. The molecule has 0 aliphatic carbocycles. The number of unbranched alkanes of at least 4 members (excludes halogenated alkanes) is 9. The second-order valence-electron chi connectivity index (χ2n) is 6.05. The van der Waals surface area contributed by atoms with Crippen LogP contribution in [0.2, 0.25) is 0 Å². The van der Waals surface area contributed by atoms with Crippen LogP contribution in [0.4, 0.5) is 0 Å². The zero-order valence-electron chi connectivity index (χ0n) is 12.9. The van der Waals surface area contributed by atoms with E-state index in [1.165, 1.54) is 77.0 Å². The van der Waals surface area contributed by atoms with E-state index in [1.54, 1.807) is 0 Å². The zero-order chi connectivity index (χ0) is 13.8. The van der Waals surface area contributed by atoms with E-state index in [9.17, 15) is 0 Å². The fourth-order valence-corrected chi connectivity index (χ4v) is 2.80. The summed E-state index contributed by atoms with van der Waals surface area (Å²) in [7, 11) is 0. The standard InChI is InChI=1S/C17H34O2/c1-2-3-4-7-10-13-16-17(19-16)14-11-8-5-6-9-12-15-18/h16-18H,2-15H2,1H3. The average molecular weight is 270 g/mol. The van der Waals surface area contributed by atoms with Gasteiger partial charge in [-0.25, -0.2) is 0 Å². The van der Waals surface area contributed by atoms with Crippen molar-refractivity contribution in [1.82, 2.24) is 0 Å². The molecule has 0 aromatic carbocycles. The van der Waals surface area contributed by atoms with E-state index < -0.39 is 0 Å². The highest BCUT2D eigenvalue weighted by Gasteiger charge is 2.36. The summed E-state index contributed by atoms with van der Waals surface area (Å²) in [6.07, 6.45) is 18.1. The largest absolute Gasteiger partial charge is 0.396 e. The minimum atomic E-state index is 0.357. The third-order valence-electron chi connectivity index (χ3n) is 4.18. The Hall–Kier alpha value is -0.0800. The van der Waals surface area contributed by atoms with Crippen molar-refractivity contribution in [2.75, 3.05) is 6.61 Å². The molecule has 1 rings (SSSR count). The van der Waals surface area contributed by atoms with Gasteiger partial charge < -0.3 is 9.84 Å². The molecule has 0 radical (unpaired) electrons. The van der Waals surface area contributed by atoms with Gasteiger partial charge in [0, 0.05) is 6.61 Å². The molecule has 1 saturated heterocycles. The predicted molar refractivity (Wildman–Crippen MR) is 81.4 cm³/mol. The summed E-state index contributed by atoms with van der Waals surface area (Å²) in [5.41, 5.74) is 0. The van der Waals surface area contributed by atoms with Crippen LogP contribution in [0.1, 0.15) is 90.4 Å². The number of rotatable bonds is 14. The molecule has 0 aromatic heterocycles. The third-order valence-corrected chi connectivity index (χ3v) is 4.18. The molecule has 2 nitrogen and oxygen atoms in total. The monoisotopic (exact) mass is 270 g/mol. The minimum Gasteiger partial charge on any atom is -0.396 e. The maximum atomic E-state index is 8.68. The van der Waals surface area contributed by atoms with Gasteiger partial charge in [0.2, 0.25) is 0 Å². The quantitative estimate of drug-likeness (QED) is 0.362. The lowest BCUT2D eigenvalue weighted by Crippen LogP contribution is -1.94. The first-order valence-electron chi connectivity index (χ1n) is 8.64. The van der Waals surface area contributed by atoms with Gasteiger partial charge in [0.1, 0.15) is 0 Å². The van der Waals surface area contributed by atoms with Gasteiger partial charge in [-0.3, -0.25) is 0 Å². The normalized spacial score (nSPS) is 21.8. The fraction of sp³-hybridized carbons (Fsp3) is 1.00. The zero-order valence-corrected chi connectivity index (χ0v) is 12.9. The molecule has 19 heavy (non-hydrogen) atoms. The Bertz CT molecular complexity index is 194. The second-order valence-corrected chi connectivity index (χ2v) is 6.05. The second kappa shape index (κ2) is 11.7. The van der Waals surface area contributed by atoms with Gasteiger partial charge in [-0.1, -0.05) is 71.1 Å². The molecule has 1 fully saturated rings. The van der Waals surface area contributed by atoms with Crippen molar-refractivity contribution in [1.29, 1.82) is 0 Å². The van der Waals surface area contributed by atoms with Crippen LogP contribution in [0.25, 0.3) is 0 Å². The van der Waals surface area contributed by atoms with Crippen LogP contribution in [0.5, 0.6) is 0 Å². The highest BCUT2D eigenvalue weighted by atomic mass is 16.6. The Kier molecular flexibility index (Phi) is 10.5. The first kappa shape index (κ1) is 17.0. The van der Waals surface area contributed by atoms with Crippen LogP contribution in [-0.2, 0) is 4.74 Å². The van der Waals surface area contributed by atoms with Crippen molar-refractivity contribution in [3.8, 4) is 0 Å². The molecule has 0 amide bonds. The van der Waals surface area contributed by atoms with Crippen molar-refractivity contribution in [3.63, 3.8) is 0 Å². The summed E-state index contributed by atoms with van der Waals surface area (Å²) in [5, 5.41) is 8.68. The maximum Gasteiger partial charge on any atom is 0.0841 e. The van der Waals surface area contributed by atoms with E-state index in [1.807, 2.05) is 0 Å². The average Bonchev–Trinajstić information content (AvgIpc) is 3.16. The topological polar surface area (TPSA) is 32.8 Å². The van der Waals surface area contributed by atoms with Gasteiger partial charge in [0.15, 0.2) is 0 Å². The number of epoxide rings is 1. The molecular formula is C17H34O2. The van der Waals surface area contributed by atoms with Gasteiger partial charge in [-0.15, -0.1) is 0 Å². The molecule has 1 N–H and O–H groups in total. The van der Waals surface area contributed by atoms with Crippen LogP contribution in [0.3, 0.4) is 0 Å². The van der Waals surface area contributed by atoms with E-state index in [2.05, 4.69) is 6.92 Å². The van der Waals surface area contributed by atoms with Crippen molar-refractivity contribution in [2.45, 2.75) is 103 Å². The molecule has 114 valence electrons. The first-order valence-corrected chi connectivity index (χ1v) is 8.64. The van der Waals surface area contributed by atoms with Crippen molar-refractivity contribution >= 4 is 0 Å². The molecular weight excluding hydrogens is 236 g/mol. The summed E-state index contributed by atoms with van der Waals surface area (Å²) in [5.74, 6) is 0. The Balaban J connectivity index is 1.76. The molecule has 0 spiro atoms. The molecule has 2 unspecified atom stereocenters. The third kappa shape index (κ3) is 9.45. The van der Waals surface area contributed by atoms with Crippen LogP contribution in [0, 0.1) is 0 Å². The number of hydrogen-bond donors (Lipinski definition) is 1. The van der Waals surface area contributed by atoms with Gasteiger partial charge in [0.05, 0.1) is 12.2 Å². The lowest BCUT2D eigenvalue weighted by molar-refractivity contribution is 0.282. The van der Waals surface area contributed by atoms with Crippen molar-refractivity contribution in [2.24, 2.45) is 0 Å². The van der Waals surface area contributed by atoms with E-state index in [4.69, 9.17) is 9.84 Å². The molecule has 1 heterocycles. The highest BCUT2D eigenvalue weighted by molar-refractivity contribution is 4.84. The van der Waals surface area contributed by atoms with E-state index in [-0.39, 0.29) is 0 Å². The van der Waals surface area contributed by atoms with Crippen LogP contribution < -0.4 is 0 Å². The summed E-state index contributed by atoms with van der Waals surface area (Å²) >= 11 is 0. The fourth-order valence-electron chi connectivity index (χ4n) is 2.80. The van der Waals surface area contributed by atoms with Crippen molar-refractivity contribution < 1.29 is 9.84 Å². The first-order chi connectivity index (χ1) is 9.38. The van der Waals surface area contributed by atoms with E-state index in [0.717, 1.165) is 6.42 Å². The molecule has 1 aliphatic rings. The molecule has 0 saturated carbocycles. The van der Waals surface area contributed by atoms with Gasteiger partial charge in [-0.05, 0) is 19.3 Å². The molecule has 2 atom stereocenters. The van der Waals surface area contributed by atoms with Crippen LogP contribution >= 0.6 is 0 Å². The maximum absolute atomic E-state index is 8.68. The van der Waals surface area contributed by atoms with Crippen molar-refractivity contribution in [3.05, 3.63) is 0 Å². The molecule has 1 aliphatic heterocycles. The smallest absolute Gasteiger partial charge is 0.0841 e. The number of aliphatic hydroxyl groups is 1. The van der Waals surface area contributed by atoms with Crippen LogP contribution in [0.15, 0.2) is 0 Å². The molecule has 0 bridgehead atoms. The van der Waals surface area contributed by atoms with Gasteiger partial charge >= 0.3 is 0 Å². The molecule has 2 heteroatoms. The Morgan fingerprint density at radius 1 is 0.684 bits per heavy atom. The number of hydrogen-bond acceptors (Lipinski definition) is 2. The highest BCUT2D eigenvalue weighted by Crippen LogP contribution is 2.31. The lowest BCUT2D eigenvalue weighted by atomic mass is 10.0. The Morgan fingerprint density at radius 2 is 1.16 bits per heavy atom. The summed E-state index contributed by atoms with van der Waals surface area (Å²) in [6, 6.07) is 0. The number of ether oxygens (including phenoxy) is 1. The lowest BCUT2D eigenvalue weighted by Gasteiger charge is -2.00. The summed E-state index contributed by atoms with van der Waals surface area (Å²) < 4.78 is 5.74. The summed E-state index contributed by atoms with van der Waals surface area (Å²) in [6.45, 7) is 2.62. The van der Waals surface area contributed by atoms with E-state index >= 15 is 0 Å². The van der Waals surface area contributed by atoms with Crippen LogP contribution in [-0.4, -0.2) is 23.9 Å². The van der Waals surface area contributed by atoms with Gasteiger partial charge in [-0.2, -0.15) is 0 Å². The predicted octanol–water partition coefficient (Wildman–Crippen LogP) is 4.84.